The van der Waals surface area contributed by atoms with Crippen LogP contribution in [0.3, 0.4) is 0 Å². The van der Waals surface area contributed by atoms with E-state index in [1.807, 2.05) is 31.1 Å². The number of alkyl halides is 2. The molecule has 3 nitrogen and oxygen atoms in total. The van der Waals surface area contributed by atoms with Gasteiger partial charge in [0.15, 0.2) is 0 Å². The van der Waals surface area contributed by atoms with Gasteiger partial charge in [0.1, 0.15) is 6.61 Å². The van der Waals surface area contributed by atoms with Gasteiger partial charge in [-0.05, 0) is 31.3 Å². The van der Waals surface area contributed by atoms with Crippen LogP contribution in [-0.4, -0.2) is 38.1 Å². The zero-order valence-electron chi connectivity index (χ0n) is 10.6. The van der Waals surface area contributed by atoms with E-state index in [0.29, 0.717) is 17.5 Å². The highest BCUT2D eigenvalue weighted by atomic mass is 79.9. The van der Waals surface area contributed by atoms with Gasteiger partial charge >= 0.3 is 5.97 Å². The quantitative estimate of drug-likeness (QED) is 0.562. The number of rotatable bonds is 6. The fraction of sp³-hybridized carbons (Fsp3) is 0.462. The lowest BCUT2D eigenvalue weighted by molar-refractivity contribution is 0.0481. The van der Waals surface area contributed by atoms with Gasteiger partial charge in [-0.25, -0.2) is 4.79 Å². The molecule has 0 saturated carbocycles. The summed E-state index contributed by atoms with van der Waals surface area (Å²) in [5.74, 6) is -0.255. The number of carbonyl (C=O) groups is 1. The van der Waals surface area contributed by atoms with Crippen LogP contribution in [0, 0.1) is 0 Å². The van der Waals surface area contributed by atoms with Crippen molar-refractivity contribution in [2.24, 2.45) is 0 Å². The third kappa shape index (κ3) is 4.37. The summed E-state index contributed by atoms with van der Waals surface area (Å²) in [6.45, 7) is 1.14. The Hall–Kier alpha value is -0.390. The Balaban J connectivity index is 2.79. The van der Waals surface area contributed by atoms with Crippen molar-refractivity contribution in [2.75, 3.05) is 27.2 Å². The number of ether oxygens (including phenoxy) is 1. The lowest BCUT2D eigenvalue weighted by Gasteiger charge is -2.13. The lowest BCUT2D eigenvalue weighted by atomic mass is 10.0. The van der Waals surface area contributed by atoms with Gasteiger partial charge in [0.25, 0.3) is 0 Å². The molecule has 0 N–H and O–H groups in total. The minimum atomic E-state index is -0.255. The predicted octanol–water partition coefficient (Wildman–Crippen LogP) is 3.19. The molecule has 0 fully saturated rings. The Morgan fingerprint density at radius 3 is 2.56 bits per heavy atom. The van der Waals surface area contributed by atoms with Crippen molar-refractivity contribution >= 4 is 37.8 Å². The zero-order valence-corrected chi connectivity index (χ0v) is 13.8. The fourth-order valence-corrected chi connectivity index (χ4v) is 2.70. The standard InChI is InChI=1S/C13H17Br2NO2/c1-16(2)6-7-18-13(17)11-5-3-4-10(8-14)12(11)9-15/h3-5H,6-9H2,1-2H3. The van der Waals surface area contributed by atoms with Crippen LogP contribution in [-0.2, 0) is 15.4 Å². The summed E-state index contributed by atoms with van der Waals surface area (Å²) in [5.41, 5.74) is 2.74. The van der Waals surface area contributed by atoms with Gasteiger partial charge in [0.2, 0.25) is 0 Å². The van der Waals surface area contributed by atoms with E-state index in [1.165, 1.54) is 0 Å². The molecule has 100 valence electrons. The Bertz CT molecular complexity index is 408. The maximum Gasteiger partial charge on any atom is 0.338 e. The van der Waals surface area contributed by atoms with Crippen molar-refractivity contribution in [1.29, 1.82) is 0 Å². The third-order valence-corrected chi connectivity index (χ3v) is 3.71. The maximum absolute atomic E-state index is 12.0. The average Bonchev–Trinajstić information content (AvgIpc) is 2.36. The largest absolute Gasteiger partial charge is 0.461 e. The van der Waals surface area contributed by atoms with Gasteiger partial charge in [0.05, 0.1) is 5.56 Å². The molecule has 5 heteroatoms. The smallest absolute Gasteiger partial charge is 0.338 e. The van der Waals surface area contributed by atoms with E-state index in [9.17, 15) is 4.79 Å². The highest BCUT2D eigenvalue weighted by Gasteiger charge is 2.14. The first-order valence-electron chi connectivity index (χ1n) is 5.64. The molecule has 1 aromatic rings. The number of likely N-dealkylation sites (N-methyl/N-ethyl adjacent to an activating group) is 1. The van der Waals surface area contributed by atoms with Crippen molar-refractivity contribution in [3.8, 4) is 0 Å². The van der Waals surface area contributed by atoms with Crippen LogP contribution in [0.2, 0.25) is 0 Å². The molecule has 0 aliphatic carbocycles. The van der Waals surface area contributed by atoms with E-state index < -0.39 is 0 Å². The molecule has 1 aromatic carbocycles. The van der Waals surface area contributed by atoms with E-state index in [0.717, 1.165) is 23.0 Å². The van der Waals surface area contributed by atoms with Crippen LogP contribution >= 0.6 is 31.9 Å². The van der Waals surface area contributed by atoms with Crippen LogP contribution in [0.5, 0.6) is 0 Å². The van der Waals surface area contributed by atoms with E-state index in [-0.39, 0.29) is 5.97 Å². The molecule has 1 rings (SSSR count). The number of esters is 1. The molecule has 0 aliphatic heterocycles. The highest BCUT2D eigenvalue weighted by Crippen LogP contribution is 2.21. The Morgan fingerprint density at radius 2 is 2.00 bits per heavy atom. The SMILES string of the molecule is CN(C)CCOC(=O)c1cccc(CBr)c1CBr. The predicted molar refractivity (Wildman–Crippen MR) is 80.5 cm³/mol. The van der Waals surface area contributed by atoms with Crippen LogP contribution in [0.25, 0.3) is 0 Å². The first-order chi connectivity index (χ1) is 8.60. The van der Waals surface area contributed by atoms with Gasteiger partial charge in [-0.3, -0.25) is 0 Å². The monoisotopic (exact) mass is 377 g/mol. The number of carbonyl (C=O) groups excluding carboxylic acids is 1. The number of hydrogen-bond acceptors (Lipinski definition) is 3. The molecule has 0 bridgehead atoms. The van der Waals surface area contributed by atoms with Gasteiger partial charge in [-0.1, -0.05) is 44.0 Å². The fourth-order valence-electron chi connectivity index (χ4n) is 1.51. The summed E-state index contributed by atoms with van der Waals surface area (Å²) in [4.78, 5) is 14.0. The van der Waals surface area contributed by atoms with E-state index >= 15 is 0 Å². The molecule has 0 saturated heterocycles. The molecule has 0 spiro atoms. The topological polar surface area (TPSA) is 29.5 Å². The molecule has 0 heterocycles. The van der Waals surface area contributed by atoms with Crippen LogP contribution in [0.15, 0.2) is 18.2 Å². The van der Waals surface area contributed by atoms with Gasteiger partial charge < -0.3 is 9.64 Å². The molecule has 0 amide bonds. The second-order valence-electron chi connectivity index (χ2n) is 4.15. The molecular formula is C13H17Br2NO2. The Labute approximate surface area is 125 Å². The first-order valence-corrected chi connectivity index (χ1v) is 7.89. The Morgan fingerprint density at radius 1 is 1.28 bits per heavy atom. The summed E-state index contributed by atoms with van der Waals surface area (Å²) in [6, 6.07) is 5.69. The lowest BCUT2D eigenvalue weighted by Crippen LogP contribution is -2.20. The van der Waals surface area contributed by atoms with Crippen molar-refractivity contribution in [3.05, 3.63) is 34.9 Å². The van der Waals surface area contributed by atoms with E-state index in [2.05, 4.69) is 31.9 Å². The summed E-state index contributed by atoms with van der Waals surface area (Å²) in [5, 5.41) is 1.37. The minimum absolute atomic E-state index is 0.255. The molecular weight excluding hydrogens is 362 g/mol. The summed E-state index contributed by atoms with van der Waals surface area (Å²) in [6.07, 6.45) is 0. The molecule has 0 radical (unpaired) electrons. The number of halogens is 2. The zero-order chi connectivity index (χ0) is 13.5. The van der Waals surface area contributed by atoms with Crippen molar-refractivity contribution < 1.29 is 9.53 Å². The molecule has 0 aliphatic rings. The van der Waals surface area contributed by atoms with Crippen LogP contribution in [0.1, 0.15) is 21.5 Å². The second kappa shape index (κ2) is 7.92. The molecule has 0 aromatic heterocycles. The number of hydrogen-bond donors (Lipinski definition) is 0. The molecule has 0 unspecified atom stereocenters. The summed E-state index contributed by atoms with van der Waals surface area (Å²) < 4.78 is 5.26. The van der Waals surface area contributed by atoms with Crippen LogP contribution in [0.4, 0.5) is 0 Å². The minimum Gasteiger partial charge on any atom is -0.461 e. The van der Waals surface area contributed by atoms with E-state index in [4.69, 9.17) is 4.74 Å². The first kappa shape index (κ1) is 15.7. The summed E-state index contributed by atoms with van der Waals surface area (Å²) in [7, 11) is 3.90. The van der Waals surface area contributed by atoms with Crippen molar-refractivity contribution in [3.63, 3.8) is 0 Å². The van der Waals surface area contributed by atoms with Gasteiger partial charge in [-0.15, -0.1) is 0 Å². The van der Waals surface area contributed by atoms with Gasteiger partial charge in [0, 0.05) is 17.2 Å². The van der Waals surface area contributed by atoms with Crippen molar-refractivity contribution in [2.45, 2.75) is 10.7 Å². The second-order valence-corrected chi connectivity index (χ2v) is 5.27. The number of nitrogens with zero attached hydrogens (tertiary/aromatic N) is 1. The van der Waals surface area contributed by atoms with Crippen LogP contribution < -0.4 is 0 Å². The average molecular weight is 379 g/mol. The third-order valence-electron chi connectivity index (χ3n) is 2.54. The Kier molecular flexibility index (Phi) is 6.89. The molecule has 0 atom stereocenters. The van der Waals surface area contributed by atoms with E-state index in [1.54, 1.807) is 6.07 Å². The highest BCUT2D eigenvalue weighted by molar-refractivity contribution is 9.09. The van der Waals surface area contributed by atoms with Gasteiger partial charge in [-0.2, -0.15) is 0 Å². The number of benzene rings is 1. The molecule has 18 heavy (non-hydrogen) atoms. The van der Waals surface area contributed by atoms with Crippen molar-refractivity contribution in [1.82, 2.24) is 4.90 Å². The maximum atomic E-state index is 12.0. The summed E-state index contributed by atoms with van der Waals surface area (Å²) >= 11 is 6.85. The normalized spacial score (nSPS) is 10.7.